The third-order valence-electron chi connectivity index (χ3n) is 4.28. The van der Waals surface area contributed by atoms with Crippen molar-refractivity contribution in [2.24, 2.45) is 5.92 Å². The zero-order chi connectivity index (χ0) is 20.1. The van der Waals surface area contributed by atoms with Crippen LogP contribution in [0.5, 0.6) is 11.8 Å². The van der Waals surface area contributed by atoms with Crippen LogP contribution >= 0.6 is 0 Å². The second kappa shape index (κ2) is 8.69. The van der Waals surface area contributed by atoms with Crippen molar-refractivity contribution in [2.45, 2.75) is 27.2 Å². The first-order valence-electron chi connectivity index (χ1n) is 9.39. The fraction of sp³-hybridized carbons (Fsp3) is 0.318. The second-order valence-corrected chi connectivity index (χ2v) is 6.92. The van der Waals surface area contributed by atoms with Gasteiger partial charge in [0.1, 0.15) is 5.75 Å². The Morgan fingerprint density at radius 2 is 1.75 bits per heavy atom. The van der Waals surface area contributed by atoms with Gasteiger partial charge in [0.05, 0.1) is 13.7 Å². The number of carbonyl (C=O) groups excluding carboxylic acids is 1. The highest BCUT2D eigenvalue weighted by Gasteiger charge is 2.20. The van der Waals surface area contributed by atoms with Gasteiger partial charge in [-0.05, 0) is 42.2 Å². The Hall–Kier alpha value is -3.15. The van der Waals surface area contributed by atoms with E-state index < -0.39 is 0 Å². The van der Waals surface area contributed by atoms with Crippen molar-refractivity contribution in [3.8, 4) is 23.1 Å². The summed E-state index contributed by atoms with van der Waals surface area (Å²) in [5.41, 5.74) is 2.52. The van der Waals surface area contributed by atoms with Crippen LogP contribution in [0.4, 0.5) is 0 Å². The maximum atomic E-state index is 13.1. The summed E-state index contributed by atoms with van der Waals surface area (Å²) in [7, 11) is 1.59. The molecule has 0 N–H and O–H groups in total. The maximum absolute atomic E-state index is 13.1. The minimum atomic E-state index is -0.274. The summed E-state index contributed by atoms with van der Waals surface area (Å²) in [6.07, 6.45) is 0.945. The number of carbonyl (C=O) groups is 1. The average molecular weight is 379 g/mol. The van der Waals surface area contributed by atoms with E-state index in [1.54, 1.807) is 31.4 Å². The molecular formula is C22H25N3O3. The quantitative estimate of drug-likeness (QED) is 0.614. The molecule has 0 amide bonds. The molecule has 0 unspecified atom stereocenters. The van der Waals surface area contributed by atoms with Crippen LogP contribution in [0.1, 0.15) is 36.7 Å². The predicted octanol–water partition coefficient (Wildman–Crippen LogP) is 4.24. The number of rotatable bonds is 7. The Labute approximate surface area is 165 Å². The molecule has 0 bridgehead atoms. The molecule has 0 atom stereocenters. The van der Waals surface area contributed by atoms with Crippen LogP contribution in [0.3, 0.4) is 0 Å². The van der Waals surface area contributed by atoms with Crippen LogP contribution in [0.25, 0.3) is 11.4 Å². The summed E-state index contributed by atoms with van der Waals surface area (Å²) >= 11 is 0. The lowest BCUT2D eigenvalue weighted by Gasteiger charge is -2.06. The van der Waals surface area contributed by atoms with E-state index in [2.05, 4.69) is 17.0 Å². The monoisotopic (exact) mass is 379 g/mol. The zero-order valence-electron chi connectivity index (χ0n) is 16.7. The minimum Gasteiger partial charge on any atom is -0.497 e. The highest BCUT2D eigenvalue weighted by molar-refractivity contribution is 5.97. The highest BCUT2D eigenvalue weighted by atomic mass is 16.5. The SMILES string of the molecule is CCc1ccc(-c2nc(OCC(C)C)nn2C(=O)c2ccc(OC)cc2)cc1. The van der Waals surface area contributed by atoms with Gasteiger partial charge in [0.2, 0.25) is 0 Å². The van der Waals surface area contributed by atoms with Crippen molar-refractivity contribution in [3.05, 3.63) is 59.7 Å². The fourth-order valence-electron chi connectivity index (χ4n) is 2.67. The van der Waals surface area contributed by atoms with Crippen LogP contribution in [-0.4, -0.2) is 34.4 Å². The fourth-order valence-corrected chi connectivity index (χ4v) is 2.67. The molecule has 0 radical (unpaired) electrons. The molecular weight excluding hydrogens is 354 g/mol. The van der Waals surface area contributed by atoms with E-state index in [1.165, 1.54) is 10.2 Å². The highest BCUT2D eigenvalue weighted by Crippen LogP contribution is 2.23. The van der Waals surface area contributed by atoms with Gasteiger partial charge in [0.25, 0.3) is 5.91 Å². The number of benzene rings is 2. The number of ether oxygens (including phenoxy) is 2. The zero-order valence-corrected chi connectivity index (χ0v) is 16.7. The minimum absolute atomic E-state index is 0.199. The molecule has 0 aliphatic rings. The molecule has 0 saturated heterocycles. The number of methoxy groups -OCH3 is 1. The molecule has 6 nitrogen and oxygen atoms in total. The lowest BCUT2D eigenvalue weighted by atomic mass is 10.1. The van der Waals surface area contributed by atoms with Crippen LogP contribution in [-0.2, 0) is 6.42 Å². The third-order valence-corrected chi connectivity index (χ3v) is 4.28. The first-order chi connectivity index (χ1) is 13.5. The second-order valence-electron chi connectivity index (χ2n) is 6.92. The standard InChI is InChI=1S/C22H25N3O3/c1-5-16-6-8-17(9-7-16)20-23-22(28-14-15(2)3)24-25(20)21(26)18-10-12-19(27-4)13-11-18/h6-13,15H,5,14H2,1-4H3. The van der Waals surface area contributed by atoms with E-state index in [4.69, 9.17) is 9.47 Å². The van der Waals surface area contributed by atoms with Gasteiger partial charge < -0.3 is 9.47 Å². The van der Waals surface area contributed by atoms with Crippen LogP contribution < -0.4 is 9.47 Å². The van der Waals surface area contributed by atoms with Crippen molar-refractivity contribution in [1.82, 2.24) is 14.8 Å². The average Bonchev–Trinajstić information content (AvgIpc) is 3.16. The molecule has 0 spiro atoms. The Kier molecular flexibility index (Phi) is 6.09. The number of hydrogen-bond acceptors (Lipinski definition) is 5. The summed E-state index contributed by atoms with van der Waals surface area (Å²) in [6, 6.07) is 15.1. The van der Waals surface area contributed by atoms with Gasteiger partial charge >= 0.3 is 6.01 Å². The Bertz CT molecular complexity index is 929. The lowest BCUT2D eigenvalue weighted by Crippen LogP contribution is -2.15. The summed E-state index contributed by atoms with van der Waals surface area (Å²) in [5, 5.41) is 4.32. The molecule has 28 heavy (non-hydrogen) atoms. The van der Waals surface area contributed by atoms with E-state index in [0.717, 1.165) is 12.0 Å². The van der Waals surface area contributed by atoms with Gasteiger partial charge in [-0.3, -0.25) is 4.79 Å². The topological polar surface area (TPSA) is 66.2 Å². The van der Waals surface area contributed by atoms with E-state index in [9.17, 15) is 4.79 Å². The van der Waals surface area contributed by atoms with Crippen molar-refractivity contribution in [3.63, 3.8) is 0 Å². The predicted molar refractivity (Wildman–Crippen MR) is 108 cm³/mol. The summed E-state index contributed by atoms with van der Waals surface area (Å²) < 4.78 is 12.1. The first kappa shape index (κ1) is 19.6. The van der Waals surface area contributed by atoms with Gasteiger partial charge in [-0.25, -0.2) is 0 Å². The van der Waals surface area contributed by atoms with Gasteiger partial charge in [0, 0.05) is 11.1 Å². The molecule has 0 saturated carbocycles. The molecule has 1 heterocycles. The molecule has 146 valence electrons. The summed E-state index contributed by atoms with van der Waals surface area (Å²) in [6.45, 7) is 6.67. The van der Waals surface area contributed by atoms with E-state index >= 15 is 0 Å². The molecule has 6 heteroatoms. The Morgan fingerprint density at radius 3 is 2.32 bits per heavy atom. The lowest BCUT2D eigenvalue weighted by molar-refractivity contribution is 0.0944. The van der Waals surface area contributed by atoms with Crippen LogP contribution in [0.15, 0.2) is 48.5 Å². The molecule has 3 rings (SSSR count). The largest absolute Gasteiger partial charge is 0.497 e. The smallest absolute Gasteiger partial charge is 0.336 e. The van der Waals surface area contributed by atoms with Crippen molar-refractivity contribution >= 4 is 5.91 Å². The Morgan fingerprint density at radius 1 is 1.07 bits per heavy atom. The third kappa shape index (κ3) is 4.39. The van der Waals surface area contributed by atoms with Gasteiger partial charge in [-0.1, -0.05) is 45.0 Å². The maximum Gasteiger partial charge on any atom is 0.336 e. The summed E-state index contributed by atoms with van der Waals surface area (Å²) in [4.78, 5) is 17.6. The molecule has 2 aromatic carbocycles. The normalized spacial score (nSPS) is 10.9. The molecule has 0 aliphatic heterocycles. The van der Waals surface area contributed by atoms with Gasteiger partial charge in [0.15, 0.2) is 5.82 Å². The molecule has 0 fully saturated rings. The van der Waals surface area contributed by atoms with Crippen molar-refractivity contribution in [1.29, 1.82) is 0 Å². The van der Waals surface area contributed by atoms with Crippen molar-refractivity contribution in [2.75, 3.05) is 13.7 Å². The van der Waals surface area contributed by atoms with Crippen LogP contribution in [0, 0.1) is 5.92 Å². The van der Waals surface area contributed by atoms with Gasteiger partial charge in [-0.2, -0.15) is 9.67 Å². The van der Waals surface area contributed by atoms with Crippen LogP contribution in [0.2, 0.25) is 0 Å². The number of hydrogen-bond donors (Lipinski definition) is 0. The molecule has 0 aliphatic carbocycles. The van der Waals surface area contributed by atoms with E-state index in [0.29, 0.717) is 29.7 Å². The number of aromatic nitrogens is 3. The summed E-state index contributed by atoms with van der Waals surface area (Å²) in [5.74, 6) is 1.20. The van der Waals surface area contributed by atoms with E-state index in [1.807, 2.05) is 38.1 Å². The number of nitrogens with zero attached hydrogens (tertiary/aromatic N) is 3. The molecule has 1 aromatic heterocycles. The molecule has 3 aromatic rings. The van der Waals surface area contributed by atoms with Crippen molar-refractivity contribution < 1.29 is 14.3 Å². The Balaban J connectivity index is 1.99. The first-order valence-corrected chi connectivity index (χ1v) is 9.39. The van der Waals surface area contributed by atoms with Gasteiger partial charge in [-0.15, -0.1) is 5.10 Å². The van der Waals surface area contributed by atoms with E-state index in [-0.39, 0.29) is 11.9 Å². The number of aryl methyl sites for hydroxylation is 1.